The van der Waals surface area contributed by atoms with E-state index in [2.05, 4.69) is 27.7 Å². The molecule has 0 aromatic heterocycles. The van der Waals surface area contributed by atoms with Gasteiger partial charge in [-0.25, -0.2) is 0 Å². The smallest absolute Gasteiger partial charge is 0.120 e. The van der Waals surface area contributed by atoms with Crippen molar-refractivity contribution in [3.05, 3.63) is 0 Å². The first-order chi connectivity index (χ1) is 7.92. The Hall–Kier alpha value is -0.330. The Morgan fingerprint density at radius 1 is 1.18 bits per heavy atom. The van der Waals surface area contributed by atoms with Crippen LogP contribution in [0.2, 0.25) is 0 Å². The van der Waals surface area contributed by atoms with Gasteiger partial charge in [-0.3, -0.25) is 0 Å². The quantitative estimate of drug-likeness (QED) is 0.647. The highest BCUT2D eigenvalue weighted by atomic mass is 16.1. The molecule has 0 spiro atoms. The number of hydrogen-bond acceptors (Lipinski definition) is 1. The normalized spacial score (nSPS) is 45.1. The van der Waals surface area contributed by atoms with Gasteiger partial charge in [0.2, 0.25) is 0 Å². The maximum Gasteiger partial charge on any atom is 0.120 e. The second-order valence-electron chi connectivity index (χ2n) is 7.46. The largest absolute Gasteiger partial charge is 0.303 e. The van der Waals surface area contributed by atoms with E-state index in [-0.39, 0.29) is 0 Å². The van der Waals surface area contributed by atoms with Gasteiger partial charge in [0.25, 0.3) is 0 Å². The van der Waals surface area contributed by atoms with Crippen LogP contribution in [0.5, 0.6) is 0 Å². The van der Waals surface area contributed by atoms with Gasteiger partial charge < -0.3 is 4.79 Å². The predicted octanol–water partition coefficient (Wildman–Crippen LogP) is 4.45. The molecule has 0 bridgehead atoms. The molecular formula is C16H28O. The number of carbonyl (C=O) groups excluding carboxylic acids is 1. The molecule has 2 fully saturated rings. The number of fused-ring (bicyclic) bond motifs is 1. The monoisotopic (exact) mass is 236 g/mol. The van der Waals surface area contributed by atoms with Crippen molar-refractivity contribution in [2.45, 2.75) is 66.2 Å². The van der Waals surface area contributed by atoms with Gasteiger partial charge in [-0.2, -0.15) is 0 Å². The molecule has 2 rings (SSSR count). The molecule has 0 amide bonds. The standard InChI is InChI=1S/C16H28O/c1-12-6-7-14-15(2,3)9-5-10-16(14,4)13(12)8-11-17/h11-14H,5-10H2,1-4H3/t12?,13-,14?,16+/m0/s1. The molecule has 2 aliphatic rings. The zero-order valence-electron chi connectivity index (χ0n) is 12.0. The fraction of sp³-hybridized carbons (Fsp3) is 0.938. The van der Waals surface area contributed by atoms with Crippen LogP contribution in [0.1, 0.15) is 66.2 Å². The Morgan fingerprint density at radius 2 is 1.88 bits per heavy atom. The van der Waals surface area contributed by atoms with E-state index in [0.29, 0.717) is 16.7 Å². The van der Waals surface area contributed by atoms with Crippen LogP contribution < -0.4 is 0 Å². The third kappa shape index (κ3) is 2.06. The van der Waals surface area contributed by atoms with Crippen molar-refractivity contribution < 1.29 is 4.79 Å². The fourth-order valence-electron chi connectivity index (χ4n) is 5.22. The van der Waals surface area contributed by atoms with E-state index in [1.54, 1.807) is 0 Å². The summed E-state index contributed by atoms with van der Waals surface area (Å²) in [6.45, 7) is 9.73. The highest BCUT2D eigenvalue weighted by Gasteiger charge is 2.53. The first kappa shape index (κ1) is 13.1. The van der Waals surface area contributed by atoms with Crippen LogP contribution in [0, 0.1) is 28.6 Å². The Balaban J connectivity index is 2.31. The second kappa shape index (κ2) is 4.40. The van der Waals surface area contributed by atoms with Crippen LogP contribution in [-0.2, 0) is 4.79 Å². The first-order valence-corrected chi connectivity index (χ1v) is 7.35. The molecular weight excluding hydrogens is 208 g/mol. The average molecular weight is 236 g/mol. The number of carbonyl (C=O) groups is 1. The van der Waals surface area contributed by atoms with Crippen LogP contribution in [0.25, 0.3) is 0 Å². The lowest BCUT2D eigenvalue weighted by atomic mass is 9.46. The van der Waals surface area contributed by atoms with Crippen LogP contribution in [0.4, 0.5) is 0 Å². The summed E-state index contributed by atoms with van der Waals surface area (Å²) in [6.07, 6.45) is 8.70. The van der Waals surface area contributed by atoms with Crippen molar-refractivity contribution in [3.63, 3.8) is 0 Å². The average Bonchev–Trinajstić information content (AvgIpc) is 2.22. The molecule has 1 nitrogen and oxygen atoms in total. The van der Waals surface area contributed by atoms with E-state index >= 15 is 0 Å². The third-order valence-corrected chi connectivity index (χ3v) is 6.07. The SMILES string of the molecule is CC1CCC2C(C)(C)CCC[C@]2(C)[C@H]1CC=O. The minimum Gasteiger partial charge on any atom is -0.303 e. The Kier molecular flexibility index (Phi) is 3.40. The van der Waals surface area contributed by atoms with Gasteiger partial charge in [0.15, 0.2) is 0 Å². The van der Waals surface area contributed by atoms with E-state index in [4.69, 9.17) is 0 Å². The summed E-state index contributed by atoms with van der Waals surface area (Å²) in [4.78, 5) is 11.0. The molecule has 0 aliphatic heterocycles. The van der Waals surface area contributed by atoms with Crippen LogP contribution in [-0.4, -0.2) is 6.29 Å². The van der Waals surface area contributed by atoms with Crippen molar-refractivity contribution in [3.8, 4) is 0 Å². The maximum absolute atomic E-state index is 11.0. The summed E-state index contributed by atoms with van der Waals surface area (Å²) in [5, 5.41) is 0. The lowest BCUT2D eigenvalue weighted by Crippen LogP contribution is -2.51. The van der Waals surface area contributed by atoms with Gasteiger partial charge in [0.1, 0.15) is 6.29 Å². The molecule has 2 unspecified atom stereocenters. The highest BCUT2D eigenvalue weighted by molar-refractivity contribution is 5.50. The van der Waals surface area contributed by atoms with Crippen LogP contribution >= 0.6 is 0 Å². The predicted molar refractivity (Wildman–Crippen MR) is 71.8 cm³/mol. The van der Waals surface area contributed by atoms with Gasteiger partial charge in [0, 0.05) is 6.42 Å². The zero-order chi connectivity index (χ0) is 12.7. The molecule has 98 valence electrons. The molecule has 0 N–H and O–H groups in total. The van der Waals surface area contributed by atoms with E-state index in [9.17, 15) is 4.79 Å². The number of aldehydes is 1. The lowest BCUT2D eigenvalue weighted by molar-refractivity contribution is -0.120. The summed E-state index contributed by atoms with van der Waals surface area (Å²) in [5.74, 6) is 2.18. The fourth-order valence-corrected chi connectivity index (χ4v) is 5.22. The van der Waals surface area contributed by atoms with Gasteiger partial charge >= 0.3 is 0 Å². The molecule has 2 saturated carbocycles. The molecule has 0 saturated heterocycles. The van der Waals surface area contributed by atoms with Gasteiger partial charge in [-0.15, -0.1) is 0 Å². The molecule has 0 aromatic rings. The molecule has 0 aromatic carbocycles. The molecule has 17 heavy (non-hydrogen) atoms. The summed E-state index contributed by atoms with van der Waals surface area (Å²) >= 11 is 0. The van der Waals surface area contributed by atoms with Gasteiger partial charge in [-0.05, 0) is 47.8 Å². The van der Waals surface area contributed by atoms with E-state index in [1.165, 1.54) is 32.1 Å². The molecule has 0 heterocycles. The van der Waals surface area contributed by atoms with Gasteiger partial charge in [0.05, 0.1) is 0 Å². The molecule has 1 heteroatoms. The summed E-state index contributed by atoms with van der Waals surface area (Å²) < 4.78 is 0. The van der Waals surface area contributed by atoms with Crippen molar-refractivity contribution >= 4 is 6.29 Å². The minimum absolute atomic E-state index is 0.417. The van der Waals surface area contributed by atoms with Crippen molar-refractivity contribution in [2.75, 3.05) is 0 Å². The summed E-state index contributed by atoms with van der Waals surface area (Å²) in [7, 11) is 0. The van der Waals surface area contributed by atoms with Crippen molar-refractivity contribution in [1.82, 2.24) is 0 Å². The van der Waals surface area contributed by atoms with Crippen LogP contribution in [0.15, 0.2) is 0 Å². The van der Waals surface area contributed by atoms with E-state index in [1.807, 2.05) is 0 Å². The minimum atomic E-state index is 0.417. The van der Waals surface area contributed by atoms with E-state index in [0.717, 1.165) is 24.5 Å². The topological polar surface area (TPSA) is 17.1 Å². The molecule has 4 atom stereocenters. The number of hydrogen-bond donors (Lipinski definition) is 0. The third-order valence-electron chi connectivity index (χ3n) is 6.07. The zero-order valence-corrected chi connectivity index (χ0v) is 12.0. The molecule has 2 aliphatic carbocycles. The van der Waals surface area contributed by atoms with Crippen molar-refractivity contribution in [2.24, 2.45) is 28.6 Å². The summed E-state index contributed by atoms with van der Waals surface area (Å²) in [5.41, 5.74) is 0.897. The number of rotatable bonds is 2. The maximum atomic E-state index is 11.0. The summed E-state index contributed by atoms with van der Waals surface area (Å²) in [6, 6.07) is 0. The van der Waals surface area contributed by atoms with Crippen molar-refractivity contribution in [1.29, 1.82) is 0 Å². The Labute approximate surface area is 106 Å². The Bertz CT molecular complexity index is 294. The highest BCUT2D eigenvalue weighted by Crippen LogP contribution is 2.61. The second-order valence-corrected chi connectivity index (χ2v) is 7.46. The molecule has 0 radical (unpaired) electrons. The lowest BCUT2D eigenvalue weighted by Gasteiger charge is -2.59. The Morgan fingerprint density at radius 3 is 2.53 bits per heavy atom. The van der Waals surface area contributed by atoms with E-state index < -0.39 is 0 Å². The van der Waals surface area contributed by atoms with Gasteiger partial charge in [-0.1, -0.05) is 40.5 Å². The van der Waals surface area contributed by atoms with Crippen LogP contribution in [0.3, 0.4) is 0 Å². The first-order valence-electron chi connectivity index (χ1n) is 7.35.